The molecule has 0 radical (unpaired) electrons. The highest BCUT2D eigenvalue weighted by Crippen LogP contribution is 2.38. The number of carbonyl (C=O) groups excluding carboxylic acids is 2. The highest BCUT2D eigenvalue weighted by Gasteiger charge is 2.43. The van der Waals surface area contributed by atoms with Gasteiger partial charge in [0.15, 0.2) is 0 Å². The first-order valence-corrected chi connectivity index (χ1v) is 9.26. The second kappa shape index (κ2) is 6.23. The molecule has 3 amide bonds. The standard InChI is InChI=1S/C23H19N3O2/c1-25-19-14-26(18-12-11-15-7-5-6-10-17(15)13-18)22(27)20(19)21(24-23(25)28)16-8-3-2-4-9-16/h2-13,21H,14H2,1H3,(H,24,28)/t21-/m0/s1. The molecule has 3 aromatic rings. The van der Waals surface area contributed by atoms with E-state index in [4.69, 9.17) is 0 Å². The number of amides is 3. The van der Waals surface area contributed by atoms with Crippen molar-refractivity contribution in [2.75, 3.05) is 18.5 Å². The largest absolute Gasteiger partial charge is 0.327 e. The molecule has 2 aliphatic heterocycles. The van der Waals surface area contributed by atoms with E-state index in [-0.39, 0.29) is 11.9 Å². The molecule has 0 unspecified atom stereocenters. The van der Waals surface area contributed by atoms with Crippen molar-refractivity contribution in [3.63, 3.8) is 0 Å². The topological polar surface area (TPSA) is 52.7 Å². The summed E-state index contributed by atoms with van der Waals surface area (Å²) in [5, 5.41) is 5.18. The van der Waals surface area contributed by atoms with E-state index in [1.54, 1.807) is 16.8 Å². The van der Waals surface area contributed by atoms with Gasteiger partial charge in [0.05, 0.1) is 23.9 Å². The maximum absolute atomic E-state index is 13.4. The molecule has 0 aromatic heterocycles. The van der Waals surface area contributed by atoms with Gasteiger partial charge in [-0.15, -0.1) is 0 Å². The number of likely N-dealkylation sites (N-methyl/N-ethyl adjacent to an activating group) is 1. The summed E-state index contributed by atoms with van der Waals surface area (Å²) in [5.41, 5.74) is 3.15. The summed E-state index contributed by atoms with van der Waals surface area (Å²) in [4.78, 5) is 29.2. The Morgan fingerprint density at radius 2 is 1.61 bits per heavy atom. The van der Waals surface area contributed by atoms with Gasteiger partial charge in [-0.3, -0.25) is 9.69 Å². The van der Waals surface area contributed by atoms with Gasteiger partial charge >= 0.3 is 6.03 Å². The van der Waals surface area contributed by atoms with E-state index in [0.29, 0.717) is 12.1 Å². The lowest BCUT2D eigenvalue weighted by atomic mass is 9.96. The van der Waals surface area contributed by atoms with E-state index >= 15 is 0 Å². The van der Waals surface area contributed by atoms with Crippen LogP contribution in [0.1, 0.15) is 11.6 Å². The van der Waals surface area contributed by atoms with Crippen molar-refractivity contribution < 1.29 is 9.59 Å². The number of rotatable bonds is 2. The third-order valence-corrected chi connectivity index (χ3v) is 5.54. The minimum atomic E-state index is -0.433. The second-order valence-corrected chi connectivity index (χ2v) is 7.14. The highest BCUT2D eigenvalue weighted by atomic mass is 16.2. The van der Waals surface area contributed by atoms with Crippen LogP contribution in [0.25, 0.3) is 10.8 Å². The molecule has 0 saturated heterocycles. The van der Waals surface area contributed by atoms with Crippen LogP contribution >= 0.6 is 0 Å². The Kier molecular flexibility index (Phi) is 3.69. The zero-order valence-corrected chi connectivity index (χ0v) is 15.4. The minimum Gasteiger partial charge on any atom is -0.327 e. The van der Waals surface area contributed by atoms with Crippen molar-refractivity contribution in [1.29, 1.82) is 0 Å². The monoisotopic (exact) mass is 369 g/mol. The molecule has 0 fully saturated rings. The number of anilines is 1. The van der Waals surface area contributed by atoms with Gasteiger partial charge in [-0.05, 0) is 28.5 Å². The first kappa shape index (κ1) is 16.6. The zero-order chi connectivity index (χ0) is 19.3. The molecule has 0 saturated carbocycles. The Hall–Kier alpha value is -3.60. The lowest BCUT2D eigenvalue weighted by molar-refractivity contribution is -0.114. The normalized spacial score (nSPS) is 19.2. The Labute approximate surface area is 162 Å². The van der Waals surface area contributed by atoms with Gasteiger partial charge in [-0.2, -0.15) is 0 Å². The molecule has 0 spiro atoms. The predicted molar refractivity (Wildman–Crippen MR) is 109 cm³/mol. The van der Waals surface area contributed by atoms with Gasteiger partial charge in [-0.25, -0.2) is 4.79 Å². The van der Waals surface area contributed by atoms with Gasteiger partial charge < -0.3 is 10.2 Å². The number of fused-ring (bicyclic) bond motifs is 1. The van der Waals surface area contributed by atoms with Gasteiger partial charge in [0, 0.05) is 12.7 Å². The summed E-state index contributed by atoms with van der Waals surface area (Å²) in [5.74, 6) is -0.0639. The van der Waals surface area contributed by atoms with Crippen molar-refractivity contribution in [2.24, 2.45) is 0 Å². The number of nitrogens with zero attached hydrogens (tertiary/aromatic N) is 2. The minimum absolute atomic E-state index is 0.0639. The van der Waals surface area contributed by atoms with E-state index in [2.05, 4.69) is 11.4 Å². The molecule has 0 aliphatic carbocycles. The van der Waals surface area contributed by atoms with E-state index in [0.717, 1.165) is 27.7 Å². The van der Waals surface area contributed by atoms with Crippen molar-refractivity contribution >= 4 is 28.4 Å². The first-order chi connectivity index (χ1) is 13.6. The molecule has 3 aromatic carbocycles. The van der Waals surface area contributed by atoms with Gasteiger partial charge in [0.2, 0.25) is 0 Å². The van der Waals surface area contributed by atoms with E-state index in [1.807, 2.05) is 66.7 Å². The maximum atomic E-state index is 13.4. The average molecular weight is 369 g/mol. The number of carbonyl (C=O) groups is 2. The molecule has 5 rings (SSSR count). The van der Waals surface area contributed by atoms with Crippen LogP contribution in [-0.4, -0.2) is 30.4 Å². The lowest BCUT2D eigenvalue weighted by Crippen LogP contribution is -2.45. The summed E-state index contributed by atoms with van der Waals surface area (Å²) in [6, 6.07) is 23.1. The van der Waals surface area contributed by atoms with E-state index in [1.165, 1.54) is 0 Å². The number of benzene rings is 3. The van der Waals surface area contributed by atoms with Crippen LogP contribution in [0, 0.1) is 0 Å². The first-order valence-electron chi connectivity index (χ1n) is 9.26. The summed E-state index contributed by atoms with van der Waals surface area (Å²) >= 11 is 0. The highest BCUT2D eigenvalue weighted by molar-refractivity contribution is 6.12. The van der Waals surface area contributed by atoms with E-state index < -0.39 is 6.04 Å². The van der Waals surface area contributed by atoms with Crippen molar-refractivity contribution in [2.45, 2.75) is 6.04 Å². The summed E-state index contributed by atoms with van der Waals surface area (Å²) < 4.78 is 0. The van der Waals surface area contributed by atoms with Crippen LogP contribution in [0.15, 0.2) is 84.1 Å². The van der Waals surface area contributed by atoms with Crippen molar-refractivity contribution in [3.05, 3.63) is 89.6 Å². The average Bonchev–Trinajstić information content (AvgIpc) is 3.08. The van der Waals surface area contributed by atoms with Gasteiger partial charge in [0.25, 0.3) is 5.91 Å². The van der Waals surface area contributed by atoms with Crippen LogP contribution in [0.4, 0.5) is 10.5 Å². The van der Waals surface area contributed by atoms with E-state index in [9.17, 15) is 9.59 Å². The molecular formula is C23H19N3O2. The lowest BCUT2D eigenvalue weighted by Gasteiger charge is -2.31. The Bertz CT molecular complexity index is 1140. The third-order valence-electron chi connectivity index (χ3n) is 5.54. The molecule has 0 bridgehead atoms. The molecule has 28 heavy (non-hydrogen) atoms. The molecule has 5 nitrogen and oxygen atoms in total. The summed E-state index contributed by atoms with van der Waals surface area (Å²) in [6.07, 6.45) is 0. The fourth-order valence-corrected chi connectivity index (χ4v) is 4.02. The maximum Gasteiger partial charge on any atom is 0.322 e. The third kappa shape index (κ3) is 2.47. The van der Waals surface area contributed by atoms with Crippen LogP contribution in [0.5, 0.6) is 0 Å². The molecule has 2 heterocycles. The number of urea groups is 1. The van der Waals surface area contributed by atoms with Gasteiger partial charge in [-0.1, -0.05) is 60.7 Å². The number of hydrogen-bond acceptors (Lipinski definition) is 2. The smallest absolute Gasteiger partial charge is 0.322 e. The van der Waals surface area contributed by atoms with Crippen LogP contribution in [0.2, 0.25) is 0 Å². The van der Waals surface area contributed by atoms with Crippen molar-refractivity contribution in [3.8, 4) is 0 Å². The van der Waals surface area contributed by atoms with Gasteiger partial charge in [0.1, 0.15) is 0 Å². The Morgan fingerprint density at radius 1 is 0.893 bits per heavy atom. The predicted octanol–water partition coefficient (Wildman–Crippen LogP) is 3.84. The molecule has 138 valence electrons. The fourth-order valence-electron chi connectivity index (χ4n) is 4.02. The van der Waals surface area contributed by atoms with Crippen molar-refractivity contribution in [1.82, 2.24) is 10.2 Å². The fraction of sp³-hybridized carbons (Fsp3) is 0.130. The van der Waals surface area contributed by atoms with Crippen LogP contribution in [0.3, 0.4) is 0 Å². The Balaban J connectivity index is 1.57. The molecule has 1 N–H and O–H groups in total. The summed E-state index contributed by atoms with van der Waals surface area (Å²) in [6.45, 7) is 0.389. The number of hydrogen-bond donors (Lipinski definition) is 1. The zero-order valence-electron chi connectivity index (χ0n) is 15.4. The molecular weight excluding hydrogens is 350 g/mol. The van der Waals surface area contributed by atoms with Crippen LogP contribution in [-0.2, 0) is 4.79 Å². The SMILES string of the molecule is CN1C(=O)N[C@@H](c2ccccc2)C2=C1CN(c1ccc3ccccc3c1)C2=O. The van der Waals surface area contributed by atoms with Crippen LogP contribution < -0.4 is 10.2 Å². The molecule has 2 aliphatic rings. The number of nitrogens with one attached hydrogen (secondary N) is 1. The Morgan fingerprint density at radius 3 is 2.39 bits per heavy atom. The quantitative estimate of drug-likeness (QED) is 0.746. The molecule has 5 heteroatoms. The summed E-state index contributed by atoms with van der Waals surface area (Å²) in [7, 11) is 1.71. The molecule has 1 atom stereocenters. The second-order valence-electron chi connectivity index (χ2n) is 7.14.